The van der Waals surface area contributed by atoms with Crippen LogP contribution >= 0.6 is 11.3 Å². The van der Waals surface area contributed by atoms with E-state index in [1.165, 1.54) is 16.2 Å². The van der Waals surface area contributed by atoms with Gasteiger partial charge in [-0.1, -0.05) is 43.0 Å². The van der Waals surface area contributed by atoms with Crippen molar-refractivity contribution < 1.29 is 23.5 Å². The van der Waals surface area contributed by atoms with E-state index < -0.39 is 30.1 Å². The van der Waals surface area contributed by atoms with Gasteiger partial charge in [0, 0.05) is 6.42 Å². The Balaban J connectivity index is 1.56. The summed E-state index contributed by atoms with van der Waals surface area (Å²) in [6.45, 7) is 6.07. The number of anilines is 1. The van der Waals surface area contributed by atoms with Crippen molar-refractivity contribution in [2.75, 3.05) is 11.5 Å². The SMILES string of the molecule is C=CCOc1ccc(C2C3=C(OC4CCC(F)CC4C3=O)C(=O)N2c2nnc(CCC)s2)cc1. The Hall–Kier alpha value is -3.07. The Morgan fingerprint density at radius 2 is 2.06 bits per heavy atom. The minimum absolute atomic E-state index is 0.0628. The molecule has 4 unspecified atom stereocenters. The molecule has 34 heavy (non-hydrogen) atoms. The summed E-state index contributed by atoms with van der Waals surface area (Å²) in [5.41, 5.74) is 1.01. The Labute approximate surface area is 201 Å². The van der Waals surface area contributed by atoms with Crippen LogP contribution in [0.15, 0.2) is 48.3 Å². The highest BCUT2D eigenvalue weighted by molar-refractivity contribution is 7.15. The van der Waals surface area contributed by atoms with Crippen LogP contribution < -0.4 is 9.64 Å². The second-order valence-electron chi connectivity index (χ2n) is 8.75. The van der Waals surface area contributed by atoms with E-state index in [-0.39, 0.29) is 23.5 Å². The smallest absolute Gasteiger partial charge is 0.296 e. The second-order valence-corrected chi connectivity index (χ2v) is 9.80. The van der Waals surface area contributed by atoms with Crippen molar-refractivity contribution in [3.63, 3.8) is 0 Å². The fourth-order valence-electron chi connectivity index (χ4n) is 4.89. The molecule has 3 aliphatic rings. The second kappa shape index (κ2) is 9.29. The van der Waals surface area contributed by atoms with Crippen LogP contribution in [0, 0.1) is 5.92 Å². The van der Waals surface area contributed by atoms with E-state index in [4.69, 9.17) is 9.47 Å². The maximum atomic E-state index is 14.2. The maximum Gasteiger partial charge on any atom is 0.296 e. The third-order valence-electron chi connectivity index (χ3n) is 6.47. The number of halogens is 1. The summed E-state index contributed by atoms with van der Waals surface area (Å²) in [4.78, 5) is 28.8. The Morgan fingerprint density at radius 3 is 2.79 bits per heavy atom. The van der Waals surface area contributed by atoms with Crippen molar-refractivity contribution in [1.82, 2.24) is 10.2 Å². The zero-order valence-electron chi connectivity index (χ0n) is 18.9. The summed E-state index contributed by atoms with van der Waals surface area (Å²) in [5.74, 6) is -0.486. The number of aryl methyl sites for hydroxylation is 1. The Bertz CT molecular complexity index is 1150. The number of hydrogen-bond acceptors (Lipinski definition) is 7. The number of carbonyl (C=O) groups excluding carboxylic acids is 2. The molecule has 1 aliphatic carbocycles. The Morgan fingerprint density at radius 1 is 1.26 bits per heavy atom. The topological polar surface area (TPSA) is 81.6 Å². The van der Waals surface area contributed by atoms with E-state index >= 15 is 0 Å². The first kappa shape index (κ1) is 22.7. The molecule has 1 aromatic heterocycles. The van der Waals surface area contributed by atoms with Crippen LogP contribution in [0.5, 0.6) is 5.75 Å². The average Bonchev–Trinajstić information content (AvgIpc) is 3.41. The standard InChI is InChI=1S/C25H26FN3O4S/c1-3-5-19-27-28-25(34-19)29-21(14-6-9-16(10-7-14)32-12-4-2)20-22(30)17-13-15(26)8-11-18(17)33-23(20)24(29)31/h4,6-7,9-10,15,17-18,21H,2-3,5,8,11-13H2,1H3. The number of fused-ring (bicyclic) bond motifs is 1. The number of alkyl halides is 1. The van der Waals surface area contributed by atoms with Gasteiger partial charge in [-0.25, -0.2) is 4.39 Å². The molecule has 178 valence electrons. The van der Waals surface area contributed by atoms with Crippen LogP contribution in [-0.4, -0.2) is 40.8 Å². The lowest BCUT2D eigenvalue weighted by atomic mass is 9.77. The number of ether oxygens (including phenoxy) is 2. The van der Waals surface area contributed by atoms with Crippen LogP contribution in [0.1, 0.15) is 49.2 Å². The van der Waals surface area contributed by atoms with Gasteiger partial charge in [0.15, 0.2) is 11.5 Å². The number of aromatic nitrogens is 2. The predicted molar refractivity (Wildman–Crippen MR) is 125 cm³/mol. The average molecular weight is 484 g/mol. The lowest BCUT2D eigenvalue weighted by Gasteiger charge is -2.36. The molecule has 0 saturated heterocycles. The quantitative estimate of drug-likeness (QED) is 0.540. The number of nitrogens with zero attached hydrogens (tertiary/aromatic N) is 3. The molecule has 5 rings (SSSR count). The Kier molecular flexibility index (Phi) is 6.20. The molecule has 7 nitrogen and oxygen atoms in total. The largest absolute Gasteiger partial charge is 0.490 e. The van der Waals surface area contributed by atoms with Gasteiger partial charge in [0.05, 0.1) is 17.5 Å². The van der Waals surface area contributed by atoms with Crippen molar-refractivity contribution >= 4 is 28.2 Å². The molecule has 0 N–H and O–H groups in total. The summed E-state index contributed by atoms with van der Waals surface area (Å²) in [5, 5.41) is 9.74. The zero-order chi connectivity index (χ0) is 23.8. The molecule has 1 aromatic carbocycles. The minimum atomic E-state index is -1.04. The predicted octanol–water partition coefficient (Wildman–Crippen LogP) is 4.50. The van der Waals surface area contributed by atoms with Crippen molar-refractivity contribution in [3.8, 4) is 5.75 Å². The van der Waals surface area contributed by atoms with Crippen molar-refractivity contribution in [3.05, 3.63) is 58.8 Å². The summed E-state index contributed by atoms with van der Waals surface area (Å²) in [6.07, 6.45) is 2.68. The van der Waals surface area contributed by atoms with Crippen molar-refractivity contribution in [2.24, 2.45) is 5.92 Å². The van der Waals surface area contributed by atoms with E-state index in [9.17, 15) is 14.0 Å². The molecule has 3 heterocycles. The number of amides is 1. The highest BCUT2D eigenvalue weighted by Crippen LogP contribution is 2.49. The van der Waals surface area contributed by atoms with Gasteiger partial charge in [-0.2, -0.15) is 0 Å². The van der Waals surface area contributed by atoms with Gasteiger partial charge in [-0.05, 0) is 43.4 Å². The molecule has 2 aromatic rings. The molecular formula is C25H26FN3O4S. The third kappa shape index (κ3) is 3.91. The van der Waals surface area contributed by atoms with Gasteiger partial charge < -0.3 is 9.47 Å². The molecule has 1 amide bonds. The zero-order valence-corrected chi connectivity index (χ0v) is 19.7. The van der Waals surface area contributed by atoms with Gasteiger partial charge in [-0.15, -0.1) is 10.2 Å². The number of hydrogen-bond donors (Lipinski definition) is 0. The fraction of sp³-hybridized carbons (Fsp3) is 0.440. The summed E-state index contributed by atoms with van der Waals surface area (Å²) >= 11 is 1.34. The molecule has 1 saturated carbocycles. The number of Topliss-reactive ketones (excluding diaryl/α,β-unsaturated/α-hetero) is 1. The highest BCUT2D eigenvalue weighted by atomic mass is 32.1. The van der Waals surface area contributed by atoms with E-state index in [1.54, 1.807) is 18.2 Å². The molecular weight excluding hydrogens is 457 g/mol. The maximum absolute atomic E-state index is 14.2. The third-order valence-corrected chi connectivity index (χ3v) is 7.46. The molecule has 0 bridgehead atoms. The van der Waals surface area contributed by atoms with Gasteiger partial charge in [0.2, 0.25) is 5.13 Å². The molecule has 0 spiro atoms. The number of ketones is 1. The van der Waals surface area contributed by atoms with Crippen LogP contribution in [0.2, 0.25) is 0 Å². The van der Waals surface area contributed by atoms with Gasteiger partial charge >= 0.3 is 0 Å². The summed E-state index contributed by atoms with van der Waals surface area (Å²) in [6, 6.07) is 6.51. The van der Waals surface area contributed by atoms with E-state index in [0.717, 1.165) is 23.4 Å². The van der Waals surface area contributed by atoms with E-state index in [0.29, 0.717) is 30.3 Å². The normalized spacial score (nSPS) is 26.2. The van der Waals surface area contributed by atoms with Crippen LogP contribution in [0.3, 0.4) is 0 Å². The number of carbonyl (C=O) groups is 2. The lowest BCUT2D eigenvalue weighted by Crippen LogP contribution is -2.42. The number of rotatable bonds is 7. The van der Waals surface area contributed by atoms with Crippen LogP contribution in [0.25, 0.3) is 0 Å². The van der Waals surface area contributed by atoms with Gasteiger partial charge in [0.1, 0.15) is 29.6 Å². The highest BCUT2D eigenvalue weighted by Gasteiger charge is 2.54. The first-order valence-corrected chi connectivity index (χ1v) is 12.4. The molecule has 9 heteroatoms. The molecule has 4 atom stereocenters. The monoisotopic (exact) mass is 483 g/mol. The fourth-order valence-corrected chi connectivity index (χ4v) is 5.85. The summed E-state index contributed by atoms with van der Waals surface area (Å²) in [7, 11) is 0. The minimum Gasteiger partial charge on any atom is -0.490 e. The molecule has 0 radical (unpaired) electrons. The van der Waals surface area contributed by atoms with E-state index in [2.05, 4.69) is 16.8 Å². The first-order chi connectivity index (χ1) is 16.5. The van der Waals surface area contributed by atoms with Crippen molar-refractivity contribution in [1.29, 1.82) is 0 Å². The lowest BCUT2D eigenvalue weighted by molar-refractivity contribution is -0.133. The van der Waals surface area contributed by atoms with E-state index in [1.807, 2.05) is 19.1 Å². The molecule has 1 fully saturated rings. The van der Waals surface area contributed by atoms with Gasteiger partial charge in [0.25, 0.3) is 5.91 Å². The first-order valence-electron chi connectivity index (χ1n) is 11.6. The molecule has 2 aliphatic heterocycles. The van der Waals surface area contributed by atoms with Crippen LogP contribution in [-0.2, 0) is 20.7 Å². The van der Waals surface area contributed by atoms with Crippen molar-refractivity contribution in [2.45, 2.75) is 57.3 Å². The van der Waals surface area contributed by atoms with Gasteiger partial charge in [-0.3, -0.25) is 14.5 Å². The number of benzene rings is 1. The van der Waals surface area contributed by atoms with Crippen LogP contribution in [0.4, 0.5) is 9.52 Å². The summed E-state index contributed by atoms with van der Waals surface area (Å²) < 4.78 is 25.9.